The van der Waals surface area contributed by atoms with E-state index in [2.05, 4.69) is 4.98 Å². The van der Waals surface area contributed by atoms with E-state index in [4.69, 9.17) is 14.5 Å². The van der Waals surface area contributed by atoms with Gasteiger partial charge in [-0.05, 0) is 44.5 Å². The molecule has 0 N–H and O–H groups in total. The summed E-state index contributed by atoms with van der Waals surface area (Å²) in [7, 11) is 0. The van der Waals surface area contributed by atoms with E-state index in [0.717, 1.165) is 34.8 Å². The highest BCUT2D eigenvalue weighted by Crippen LogP contribution is 2.28. The minimum absolute atomic E-state index is 0.0180. The number of amides is 1. The molecule has 1 amide bonds. The Kier molecular flexibility index (Phi) is 4.16. The van der Waals surface area contributed by atoms with Crippen LogP contribution in [0.4, 0.5) is 0 Å². The molecule has 146 valence electrons. The number of carbonyl (C=O) groups is 1. The summed E-state index contributed by atoms with van der Waals surface area (Å²) in [6.45, 7) is 5.01. The van der Waals surface area contributed by atoms with E-state index < -0.39 is 0 Å². The van der Waals surface area contributed by atoms with E-state index in [9.17, 15) is 4.79 Å². The SMILES string of the molecule is Cc1cc(C(=O)N2CC[C@H](c3nc4ccc(-c5cccnc5)cn4n3)C2)c(C)o1. The lowest BCUT2D eigenvalue weighted by Gasteiger charge is -2.15. The van der Waals surface area contributed by atoms with Gasteiger partial charge in [0.2, 0.25) is 0 Å². The first-order chi connectivity index (χ1) is 14.1. The third-order valence-electron chi connectivity index (χ3n) is 5.45. The zero-order chi connectivity index (χ0) is 20.0. The van der Waals surface area contributed by atoms with Crippen LogP contribution in [-0.2, 0) is 0 Å². The van der Waals surface area contributed by atoms with Gasteiger partial charge < -0.3 is 9.32 Å². The number of hydrogen-bond donors (Lipinski definition) is 0. The van der Waals surface area contributed by atoms with Crippen molar-refractivity contribution in [3.05, 3.63) is 71.8 Å². The van der Waals surface area contributed by atoms with Crippen molar-refractivity contribution in [3.8, 4) is 11.1 Å². The molecular formula is C22H21N5O2. The molecule has 0 unspecified atom stereocenters. The number of pyridine rings is 2. The van der Waals surface area contributed by atoms with Gasteiger partial charge in [0.25, 0.3) is 5.91 Å². The molecule has 1 aliphatic heterocycles. The first-order valence-corrected chi connectivity index (χ1v) is 9.71. The Morgan fingerprint density at radius 2 is 2.10 bits per heavy atom. The predicted octanol–water partition coefficient (Wildman–Crippen LogP) is 3.63. The Labute approximate surface area is 168 Å². The van der Waals surface area contributed by atoms with Crippen molar-refractivity contribution in [1.29, 1.82) is 0 Å². The van der Waals surface area contributed by atoms with Crippen LogP contribution in [0.1, 0.15) is 40.0 Å². The molecule has 5 heterocycles. The molecule has 1 aliphatic rings. The van der Waals surface area contributed by atoms with Crippen molar-refractivity contribution in [3.63, 3.8) is 0 Å². The summed E-state index contributed by atoms with van der Waals surface area (Å²) in [5.74, 6) is 2.36. The maximum atomic E-state index is 12.8. The topological polar surface area (TPSA) is 76.5 Å². The number of furan rings is 1. The van der Waals surface area contributed by atoms with Gasteiger partial charge in [-0.25, -0.2) is 9.50 Å². The van der Waals surface area contributed by atoms with Gasteiger partial charge in [0.1, 0.15) is 11.5 Å². The molecule has 4 aromatic rings. The summed E-state index contributed by atoms with van der Waals surface area (Å²) in [5.41, 5.74) is 3.52. The van der Waals surface area contributed by atoms with Crippen LogP contribution in [0.25, 0.3) is 16.8 Å². The Bertz CT molecular complexity index is 1190. The van der Waals surface area contributed by atoms with Crippen molar-refractivity contribution >= 4 is 11.6 Å². The second-order valence-electron chi connectivity index (χ2n) is 7.50. The summed E-state index contributed by atoms with van der Waals surface area (Å²) < 4.78 is 7.33. The standard InChI is InChI=1S/C22H21N5O2/c1-14-10-19(15(2)29-14)22(28)26-9-7-18(12-26)21-24-20-6-5-17(13-27(20)25-21)16-4-3-8-23-11-16/h3-6,8,10-11,13,18H,7,9,12H2,1-2H3/t18-/m0/s1. The lowest BCUT2D eigenvalue weighted by Crippen LogP contribution is -2.28. The number of aromatic nitrogens is 4. The minimum Gasteiger partial charge on any atom is -0.466 e. The third-order valence-corrected chi connectivity index (χ3v) is 5.45. The lowest BCUT2D eigenvalue weighted by atomic mass is 10.1. The number of fused-ring (bicyclic) bond motifs is 1. The van der Waals surface area contributed by atoms with E-state index in [0.29, 0.717) is 24.4 Å². The van der Waals surface area contributed by atoms with Crippen LogP contribution >= 0.6 is 0 Å². The number of carbonyl (C=O) groups excluding carboxylic acids is 1. The van der Waals surface area contributed by atoms with E-state index in [1.165, 1.54) is 0 Å². The summed E-state index contributed by atoms with van der Waals surface area (Å²) in [6, 6.07) is 9.74. The van der Waals surface area contributed by atoms with Gasteiger partial charge in [0, 0.05) is 48.7 Å². The number of hydrogen-bond acceptors (Lipinski definition) is 5. The molecular weight excluding hydrogens is 366 g/mol. The van der Waals surface area contributed by atoms with Crippen LogP contribution in [0.15, 0.2) is 53.3 Å². The van der Waals surface area contributed by atoms with E-state index in [1.807, 2.05) is 66.0 Å². The van der Waals surface area contributed by atoms with Gasteiger partial charge in [-0.15, -0.1) is 0 Å². The van der Waals surface area contributed by atoms with Gasteiger partial charge in [-0.3, -0.25) is 9.78 Å². The van der Waals surface area contributed by atoms with Gasteiger partial charge in [-0.2, -0.15) is 5.10 Å². The van der Waals surface area contributed by atoms with Gasteiger partial charge in [0.15, 0.2) is 11.5 Å². The molecule has 7 nitrogen and oxygen atoms in total. The van der Waals surface area contributed by atoms with Crippen LogP contribution in [0.3, 0.4) is 0 Å². The van der Waals surface area contributed by atoms with Gasteiger partial charge >= 0.3 is 0 Å². The molecule has 1 saturated heterocycles. The Balaban J connectivity index is 1.37. The van der Waals surface area contributed by atoms with E-state index in [-0.39, 0.29) is 11.8 Å². The molecule has 0 radical (unpaired) electrons. The molecule has 7 heteroatoms. The molecule has 5 rings (SSSR count). The largest absolute Gasteiger partial charge is 0.466 e. The predicted molar refractivity (Wildman–Crippen MR) is 108 cm³/mol. The number of aryl methyl sites for hydroxylation is 2. The molecule has 0 spiro atoms. The first-order valence-electron chi connectivity index (χ1n) is 9.71. The summed E-state index contributed by atoms with van der Waals surface area (Å²) >= 11 is 0. The minimum atomic E-state index is 0.0180. The summed E-state index contributed by atoms with van der Waals surface area (Å²) in [5, 5.41) is 4.70. The smallest absolute Gasteiger partial charge is 0.257 e. The fraction of sp³-hybridized carbons (Fsp3) is 0.273. The van der Waals surface area contributed by atoms with E-state index in [1.54, 1.807) is 6.20 Å². The molecule has 1 fully saturated rings. The third kappa shape index (κ3) is 3.18. The Morgan fingerprint density at radius 1 is 1.21 bits per heavy atom. The average Bonchev–Trinajstić information content (AvgIpc) is 3.45. The molecule has 1 atom stereocenters. The number of rotatable bonds is 3. The monoisotopic (exact) mass is 387 g/mol. The molecule has 0 saturated carbocycles. The fourth-order valence-corrected chi connectivity index (χ4v) is 3.95. The normalized spacial score (nSPS) is 16.6. The van der Waals surface area contributed by atoms with Crippen molar-refractivity contribution in [1.82, 2.24) is 24.5 Å². The zero-order valence-electron chi connectivity index (χ0n) is 16.4. The van der Waals surface area contributed by atoms with Crippen molar-refractivity contribution < 1.29 is 9.21 Å². The summed E-state index contributed by atoms with van der Waals surface area (Å²) in [6.07, 6.45) is 6.42. The molecule has 4 aromatic heterocycles. The highest BCUT2D eigenvalue weighted by molar-refractivity contribution is 5.95. The van der Waals surface area contributed by atoms with Crippen molar-refractivity contribution in [2.45, 2.75) is 26.2 Å². The second kappa shape index (κ2) is 6.84. The molecule has 0 aliphatic carbocycles. The van der Waals surface area contributed by atoms with Gasteiger partial charge in [-0.1, -0.05) is 6.07 Å². The highest BCUT2D eigenvalue weighted by atomic mass is 16.3. The quantitative estimate of drug-likeness (QED) is 0.536. The molecule has 29 heavy (non-hydrogen) atoms. The average molecular weight is 387 g/mol. The van der Waals surface area contributed by atoms with Crippen LogP contribution in [0, 0.1) is 13.8 Å². The zero-order valence-corrected chi connectivity index (χ0v) is 16.4. The van der Waals surface area contributed by atoms with Crippen molar-refractivity contribution in [2.24, 2.45) is 0 Å². The lowest BCUT2D eigenvalue weighted by molar-refractivity contribution is 0.0789. The Morgan fingerprint density at radius 3 is 2.86 bits per heavy atom. The second-order valence-corrected chi connectivity index (χ2v) is 7.50. The highest BCUT2D eigenvalue weighted by Gasteiger charge is 2.31. The maximum Gasteiger partial charge on any atom is 0.257 e. The molecule has 0 bridgehead atoms. The first kappa shape index (κ1) is 17.6. The fourth-order valence-electron chi connectivity index (χ4n) is 3.95. The van der Waals surface area contributed by atoms with Crippen LogP contribution in [-0.4, -0.2) is 43.5 Å². The van der Waals surface area contributed by atoms with Crippen LogP contribution in [0.5, 0.6) is 0 Å². The van der Waals surface area contributed by atoms with Crippen LogP contribution < -0.4 is 0 Å². The maximum absolute atomic E-state index is 12.8. The number of nitrogens with zero attached hydrogens (tertiary/aromatic N) is 5. The summed E-state index contributed by atoms with van der Waals surface area (Å²) in [4.78, 5) is 23.6. The van der Waals surface area contributed by atoms with E-state index >= 15 is 0 Å². The van der Waals surface area contributed by atoms with Crippen molar-refractivity contribution in [2.75, 3.05) is 13.1 Å². The van der Waals surface area contributed by atoms with Crippen LogP contribution in [0.2, 0.25) is 0 Å². The Hall–Kier alpha value is -3.48. The molecule has 0 aromatic carbocycles. The number of likely N-dealkylation sites (tertiary alicyclic amines) is 1. The van der Waals surface area contributed by atoms with Gasteiger partial charge in [0.05, 0.1) is 5.56 Å².